The second-order valence-electron chi connectivity index (χ2n) is 5.82. The Hall–Kier alpha value is -1.78. The first-order chi connectivity index (χ1) is 9.61. The van der Waals surface area contributed by atoms with E-state index in [0.29, 0.717) is 6.04 Å². The van der Waals surface area contributed by atoms with E-state index in [1.165, 1.54) is 18.5 Å². The molecule has 0 bridgehead atoms. The van der Waals surface area contributed by atoms with Crippen LogP contribution in [-0.4, -0.2) is 25.4 Å². The number of imidazole rings is 1. The zero-order valence-electron chi connectivity index (χ0n) is 12.6. The number of rotatable bonds is 6. The molecule has 2 aromatic heterocycles. The van der Waals surface area contributed by atoms with Gasteiger partial charge in [0.2, 0.25) is 5.95 Å². The van der Waals surface area contributed by atoms with Crippen molar-refractivity contribution < 1.29 is 0 Å². The first-order valence-corrected chi connectivity index (χ1v) is 7.43. The molecule has 1 aliphatic carbocycles. The van der Waals surface area contributed by atoms with E-state index in [-0.39, 0.29) is 0 Å². The summed E-state index contributed by atoms with van der Waals surface area (Å²) in [6, 6.07) is 2.77. The Kier molecular flexibility index (Phi) is 3.51. The lowest BCUT2D eigenvalue weighted by atomic mass is 10.4. The molecule has 0 aliphatic heterocycles. The lowest BCUT2D eigenvalue weighted by molar-refractivity contribution is 0.517. The maximum Gasteiger partial charge on any atom is 0.203 e. The zero-order chi connectivity index (χ0) is 14.1. The van der Waals surface area contributed by atoms with E-state index in [9.17, 15) is 0 Å². The molecule has 0 saturated heterocycles. The van der Waals surface area contributed by atoms with Crippen LogP contribution in [0.25, 0.3) is 0 Å². The fourth-order valence-corrected chi connectivity index (χ4v) is 2.53. The monoisotopic (exact) mass is 273 g/mol. The highest BCUT2D eigenvalue weighted by molar-refractivity contribution is 5.32. The number of nitrogens with one attached hydrogen (secondary N) is 1. The highest BCUT2D eigenvalue weighted by Gasteiger charge is 2.22. The Morgan fingerprint density at radius 3 is 2.65 bits per heavy atom. The maximum absolute atomic E-state index is 4.57. The number of aromatic nitrogens is 4. The Bertz CT molecular complexity index is 591. The fourth-order valence-electron chi connectivity index (χ4n) is 2.53. The summed E-state index contributed by atoms with van der Waals surface area (Å²) in [6.07, 6.45) is 5.75. The number of hydrogen-bond donors (Lipinski definition) is 1. The number of hydrogen-bond acceptors (Lipinski definition) is 3. The van der Waals surface area contributed by atoms with Crippen LogP contribution in [0.5, 0.6) is 0 Å². The third-order valence-corrected chi connectivity index (χ3v) is 3.68. The lowest BCUT2D eigenvalue weighted by Crippen LogP contribution is -2.11. The molecule has 0 spiro atoms. The van der Waals surface area contributed by atoms with Gasteiger partial charge in [-0.25, -0.2) is 4.98 Å². The highest BCUT2D eigenvalue weighted by atomic mass is 15.3. The molecule has 0 atom stereocenters. The van der Waals surface area contributed by atoms with E-state index >= 15 is 0 Å². The van der Waals surface area contributed by atoms with Gasteiger partial charge in [-0.15, -0.1) is 0 Å². The summed E-state index contributed by atoms with van der Waals surface area (Å²) in [5, 5.41) is 8.00. The maximum atomic E-state index is 4.57. The second-order valence-corrected chi connectivity index (χ2v) is 5.82. The topological polar surface area (TPSA) is 47.7 Å². The summed E-state index contributed by atoms with van der Waals surface area (Å²) in [6.45, 7) is 8.14. The third kappa shape index (κ3) is 3.03. The Morgan fingerprint density at radius 2 is 2.00 bits per heavy atom. The predicted molar refractivity (Wildman–Crippen MR) is 79.9 cm³/mol. The van der Waals surface area contributed by atoms with E-state index < -0.39 is 0 Å². The van der Waals surface area contributed by atoms with Crippen LogP contribution in [0, 0.1) is 20.8 Å². The van der Waals surface area contributed by atoms with Gasteiger partial charge >= 0.3 is 0 Å². The molecule has 1 fully saturated rings. The van der Waals surface area contributed by atoms with Crippen molar-refractivity contribution in [2.45, 2.75) is 59.2 Å². The molecule has 0 aromatic carbocycles. The van der Waals surface area contributed by atoms with Crippen molar-refractivity contribution >= 4 is 5.95 Å². The van der Waals surface area contributed by atoms with Crippen molar-refractivity contribution in [1.29, 1.82) is 0 Å². The van der Waals surface area contributed by atoms with E-state index in [1.54, 1.807) is 0 Å². The Morgan fingerprint density at radius 1 is 1.20 bits per heavy atom. The summed E-state index contributed by atoms with van der Waals surface area (Å²) in [5.41, 5.74) is 3.41. The van der Waals surface area contributed by atoms with Crippen LogP contribution in [0.3, 0.4) is 0 Å². The van der Waals surface area contributed by atoms with Gasteiger partial charge in [0.05, 0.1) is 11.4 Å². The summed E-state index contributed by atoms with van der Waals surface area (Å²) in [7, 11) is 0. The minimum absolute atomic E-state index is 0.645. The molecule has 20 heavy (non-hydrogen) atoms. The van der Waals surface area contributed by atoms with Crippen molar-refractivity contribution in [2.75, 3.05) is 5.32 Å². The molecule has 1 N–H and O–H groups in total. The van der Waals surface area contributed by atoms with E-state index in [2.05, 4.69) is 50.8 Å². The molecule has 3 rings (SSSR count). The van der Waals surface area contributed by atoms with Gasteiger partial charge < -0.3 is 9.88 Å². The quantitative estimate of drug-likeness (QED) is 0.880. The number of nitrogens with zero attached hydrogens (tertiary/aromatic N) is 4. The zero-order valence-corrected chi connectivity index (χ0v) is 12.6. The molecule has 0 unspecified atom stereocenters. The second kappa shape index (κ2) is 5.31. The molecule has 0 amide bonds. The van der Waals surface area contributed by atoms with Gasteiger partial charge in [0.15, 0.2) is 0 Å². The molecule has 1 saturated carbocycles. The van der Waals surface area contributed by atoms with Crippen molar-refractivity contribution in [3.63, 3.8) is 0 Å². The van der Waals surface area contributed by atoms with Crippen molar-refractivity contribution in [3.05, 3.63) is 29.3 Å². The van der Waals surface area contributed by atoms with Crippen LogP contribution in [-0.2, 0) is 13.1 Å². The molecule has 108 valence electrons. The number of aryl methyl sites for hydroxylation is 5. The summed E-state index contributed by atoms with van der Waals surface area (Å²) in [4.78, 5) is 4.57. The standard InChI is InChI=1S/C15H23N5/c1-11-9-13(3)20(18-11)8-4-7-19-10-12(2)16-15(19)17-14-5-6-14/h9-10,14H,4-8H2,1-3H3,(H,16,17). The van der Waals surface area contributed by atoms with Gasteiger partial charge in [0.25, 0.3) is 0 Å². The number of anilines is 1. The minimum atomic E-state index is 0.645. The summed E-state index contributed by atoms with van der Waals surface area (Å²) >= 11 is 0. The van der Waals surface area contributed by atoms with Crippen molar-refractivity contribution in [1.82, 2.24) is 19.3 Å². The van der Waals surface area contributed by atoms with Crippen LogP contribution in [0.15, 0.2) is 12.3 Å². The fraction of sp³-hybridized carbons (Fsp3) is 0.600. The van der Waals surface area contributed by atoms with Gasteiger partial charge in [-0.1, -0.05) is 0 Å². The largest absolute Gasteiger partial charge is 0.353 e. The Balaban J connectivity index is 1.58. The summed E-state index contributed by atoms with van der Waals surface area (Å²) in [5.74, 6) is 1.03. The minimum Gasteiger partial charge on any atom is -0.353 e. The van der Waals surface area contributed by atoms with E-state index in [1.807, 2.05) is 6.92 Å². The molecule has 1 aliphatic rings. The molecule has 2 heterocycles. The van der Waals surface area contributed by atoms with Crippen LogP contribution in [0.1, 0.15) is 36.3 Å². The third-order valence-electron chi connectivity index (χ3n) is 3.68. The van der Waals surface area contributed by atoms with Gasteiger partial charge in [-0.2, -0.15) is 5.10 Å². The molecule has 5 nitrogen and oxygen atoms in total. The van der Waals surface area contributed by atoms with Crippen LogP contribution < -0.4 is 5.32 Å². The highest BCUT2D eigenvalue weighted by Crippen LogP contribution is 2.24. The summed E-state index contributed by atoms with van der Waals surface area (Å²) < 4.78 is 4.33. The first-order valence-electron chi connectivity index (χ1n) is 7.43. The van der Waals surface area contributed by atoms with Crippen LogP contribution >= 0.6 is 0 Å². The van der Waals surface area contributed by atoms with Gasteiger partial charge in [-0.05, 0) is 46.1 Å². The SMILES string of the molecule is Cc1cn(CCCn2nc(C)cc2C)c(NC2CC2)n1. The predicted octanol–water partition coefficient (Wildman–Crippen LogP) is 2.67. The smallest absolute Gasteiger partial charge is 0.203 e. The average molecular weight is 273 g/mol. The van der Waals surface area contributed by atoms with Gasteiger partial charge in [0, 0.05) is 31.0 Å². The molecular formula is C15H23N5. The van der Waals surface area contributed by atoms with E-state index in [4.69, 9.17) is 0 Å². The molecule has 5 heteroatoms. The first kappa shape index (κ1) is 13.2. The average Bonchev–Trinajstić information content (AvgIpc) is 3.04. The lowest BCUT2D eigenvalue weighted by Gasteiger charge is -2.09. The van der Waals surface area contributed by atoms with Crippen molar-refractivity contribution in [3.8, 4) is 0 Å². The van der Waals surface area contributed by atoms with Gasteiger partial charge in [0.1, 0.15) is 0 Å². The molecule has 0 radical (unpaired) electrons. The van der Waals surface area contributed by atoms with Gasteiger partial charge in [-0.3, -0.25) is 4.68 Å². The Labute approximate surface area is 120 Å². The van der Waals surface area contributed by atoms with E-state index in [0.717, 1.165) is 36.8 Å². The van der Waals surface area contributed by atoms with Crippen molar-refractivity contribution in [2.24, 2.45) is 0 Å². The molecule has 2 aromatic rings. The van der Waals surface area contributed by atoms with Crippen LogP contribution in [0.2, 0.25) is 0 Å². The normalized spacial score (nSPS) is 14.8. The van der Waals surface area contributed by atoms with Crippen LogP contribution in [0.4, 0.5) is 5.95 Å². The molecular weight excluding hydrogens is 250 g/mol.